The van der Waals surface area contributed by atoms with Crippen molar-refractivity contribution in [1.29, 1.82) is 0 Å². The van der Waals surface area contributed by atoms with E-state index in [1.807, 2.05) is 20.8 Å². The summed E-state index contributed by atoms with van der Waals surface area (Å²) in [6, 6.07) is 0. The van der Waals surface area contributed by atoms with Crippen LogP contribution in [0.4, 0.5) is 4.79 Å². The number of nitrogens with zero attached hydrogens (tertiary/aromatic N) is 2. The van der Waals surface area contributed by atoms with Gasteiger partial charge in [-0.25, -0.2) is 14.6 Å². The molecule has 1 fully saturated rings. The lowest BCUT2D eigenvalue weighted by Gasteiger charge is -2.38. The van der Waals surface area contributed by atoms with E-state index in [0.29, 0.717) is 24.9 Å². The quantitative estimate of drug-likeness (QED) is 0.437. The molecule has 1 unspecified atom stereocenters. The average molecular weight is 483 g/mol. The number of carboxylic acid groups (broad SMARTS) is 1. The number of ether oxygens (including phenoxy) is 1. The van der Waals surface area contributed by atoms with Gasteiger partial charge in [-0.15, -0.1) is 0 Å². The molecule has 33 heavy (non-hydrogen) atoms. The topological polar surface area (TPSA) is 102 Å². The van der Waals surface area contributed by atoms with Crippen LogP contribution < -0.4 is 0 Å². The van der Waals surface area contributed by atoms with Gasteiger partial charge in [0.25, 0.3) is 0 Å². The van der Waals surface area contributed by atoms with Gasteiger partial charge in [-0.1, -0.05) is 33.6 Å². The number of carbonyl (C=O) groups is 2. The number of oxazole rings is 1. The summed E-state index contributed by atoms with van der Waals surface area (Å²) in [6.07, 6.45) is 5.23. The number of aromatic carboxylic acids is 1. The molecule has 1 saturated heterocycles. The molecule has 1 aliphatic heterocycles. The predicted molar refractivity (Wildman–Crippen MR) is 129 cm³/mol. The lowest BCUT2D eigenvalue weighted by Crippen LogP contribution is -2.42. The number of carboxylic acids is 1. The molecule has 0 aromatic carbocycles. The zero-order chi connectivity index (χ0) is 25.0. The summed E-state index contributed by atoms with van der Waals surface area (Å²) >= 11 is 0. The Hall–Kier alpha value is -1.87. The Morgan fingerprint density at radius 3 is 2.30 bits per heavy atom. The van der Waals surface area contributed by atoms with Crippen LogP contribution in [0.15, 0.2) is 10.6 Å². The Kier molecular flexibility index (Phi) is 8.78. The molecular formula is C24H42N2O6Si. The van der Waals surface area contributed by atoms with Crippen molar-refractivity contribution in [2.75, 3.05) is 13.1 Å². The number of carbonyl (C=O) groups excluding carboxylic acids is 1. The highest BCUT2D eigenvalue weighted by Crippen LogP contribution is 2.41. The van der Waals surface area contributed by atoms with Crippen molar-refractivity contribution in [3.05, 3.63) is 17.8 Å². The third-order valence-electron chi connectivity index (χ3n) is 6.60. The van der Waals surface area contributed by atoms with Crippen LogP contribution in [0.2, 0.25) is 18.1 Å². The van der Waals surface area contributed by atoms with Gasteiger partial charge < -0.3 is 23.6 Å². The number of hydrogen-bond donors (Lipinski definition) is 1. The molecule has 2 heterocycles. The van der Waals surface area contributed by atoms with Gasteiger partial charge in [-0.3, -0.25) is 0 Å². The maximum Gasteiger partial charge on any atom is 0.410 e. The molecule has 1 aromatic heterocycles. The van der Waals surface area contributed by atoms with Gasteiger partial charge in [0.05, 0.1) is 6.20 Å². The standard InChI is InChI=1S/C24H42N2O6Si/c1-23(2,3)31-22(29)26-14-12-17(13-15-26)10-9-11-18(32-33(7,8)24(4,5)6)20-25-16-19(30-20)21(27)28/h16-18H,9-15H2,1-8H3,(H,27,28). The van der Waals surface area contributed by atoms with Crippen molar-refractivity contribution in [3.63, 3.8) is 0 Å². The first-order chi connectivity index (χ1) is 15.1. The highest BCUT2D eigenvalue weighted by atomic mass is 28.4. The minimum atomic E-state index is -2.11. The monoisotopic (exact) mass is 482 g/mol. The van der Waals surface area contributed by atoms with Crippen molar-refractivity contribution in [3.8, 4) is 0 Å². The van der Waals surface area contributed by atoms with E-state index in [2.05, 4.69) is 38.8 Å². The maximum absolute atomic E-state index is 12.3. The molecule has 1 aliphatic rings. The summed E-state index contributed by atoms with van der Waals surface area (Å²) in [5, 5.41) is 9.22. The summed E-state index contributed by atoms with van der Waals surface area (Å²) in [4.78, 5) is 29.5. The maximum atomic E-state index is 12.3. The Morgan fingerprint density at radius 2 is 1.82 bits per heavy atom. The number of rotatable bonds is 8. The SMILES string of the molecule is CC(C)(C)OC(=O)N1CCC(CCCC(O[Si](C)(C)C(C)(C)C)c2ncc(C(=O)O)o2)CC1. The molecule has 0 bridgehead atoms. The normalized spacial score (nSPS) is 17.2. The van der Waals surface area contributed by atoms with Crippen molar-refractivity contribution in [2.45, 2.75) is 103 Å². The molecular weight excluding hydrogens is 440 g/mol. The van der Waals surface area contributed by atoms with Gasteiger partial charge >= 0.3 is 12.1 Å². The van der Waals surface area contributed by atoms with Gasteiger partial charge in [-0.05, 0) is 64.1 Å². The summed E-state index contributed by atoms with van der Waals surface area (Å²) in [6.45, 7) is 17.9. The molecule has 2 rings (SSSR count). The largest absolute Gasteiger partial charge is 0.475 e. The fraction of sp³-hybridized carbons (Fsp3) is 0.792. The summed E-state index contributed by atoms with van der Waals surface area (Å²) in [5.74, 6) is -0.409. The van der Waals surface area contributed by atoms with Gasteiger partial charge in [-0.2, -0.15) is 0 Å². The number of hydrogen-bond acceptors (Lipinski definition) is 6. The fourth-order valence-electron chi connectivity index (χ4n) is 3.62. The van der Waals surface area contributed by atoms with Crippen LogP contribution in [0, 0.1) is 5.92 Å². The van der Waals surface area contributed by atoms with E-state index in [-0.39, 0.29) is 23.0 Å². The molecule has 8 nitrogen and oxygen atoms in total. The van der Waals surface area contributed by atoms with E-state index >= 15 is 0 Å². The Balaban J connectivity index is 1.94. The minimum absolute atomic E-state index is 0.0158. The molecule has 1 N–H and O–H groups in total. The highest BCUT2D eigenvalue weighted by Gasteiger charge is 2.40. The van der Waals surface area contributed by atoms with Crippen molar-refractivity contribution >= 4 is 20.4 Å². The zero-order valence-electron chi connectivity index (χ0n) is 21.6. The first kappa shape index (κ1) is 27.4. The number of amides is 1. The van der Waals surface area contributed by atoms with Crippen LogP contribution in [0.25, 0.3) is 0 Å². The van der Waals surface area contributed by atoms with Crippen LogP contribution in [-0.2, 0) is 9.16 Å². The molecule has 9 heteroatoms. The Morgan fingerprint density at radius 1 is 1.21 bits per heavy atom. The Labute approximate surface area is 199 Å². The first-order valence-electron chi connectivity index (χ1n) is 11.9. The van der Waals surface area contributed by atoms with Gasteiger partial charge in [0.1, 0.15) is 11.7 Å². The van der Waals surface area contributed by atoms with E-state index in [4.69, 9.17) is 13.6 Å². The second-order valence-electron chi connectivity index (χ2n) is 11.6. The van der Waals surface area contributed by atoms with E-state index in [1.165, 1.54) is 6.20 Å². The highest BCUT2D eigenvalue weighted by molar-refractivity contribution is 6.74. The third kappa shape index (κ3) is 8.14. The fourth-order valence-corrected chi connectivity index (χ4v) is 4.91. The molecule has 1 amide bonds. The summed E-state index contributed by atoms with van der Waals surface area (Å²) < 4.78 is 17.6. The van der Waals surface area contributed by atoms with Crippen LogP contribution >= 0.6 is 0 Å². The van der Waals surface area contributed by atoms with Crippen LogP contribution in [0.1, 0.15) is 96.2 Å². The van der Waals surface area contributed by atoms with E-state index in [9.17, 15) is 14.7 Å². The van der Waals surface area contributed by atoms with Gasteiger partial charge in [0.15, 0.2) is 8.32 Å². The molecule has 1 aromatic rings. The molecule has 0 radical (unpaired) electrons. The molecule has 1 atom stereocenters. The number of aromatic nitrogens is 1. The van der Waals surface area contributed by atoms with Gasteiger partial charge in [0, 0.05) is 13.1 Å². The Bertz CT molecular complexity index is 801. The van der Waals surface area contributed by atoms with Crippen molar-refractivity contribution < 1.29 is 28.3 Å². The average Bonchev–Trinajstić information content (AvgIpc) is 3.16. The lowest BCUT2D eigenvalue weighted by molar-refractivity contribution is 0.0179. The van der Waals surface area contributed by atoms with Crippen LogP contribution in [0.5, 0.6) is 0 Å². The third-order valence-corrected chi connectivity index (χ3v) is 11.1. The molecule has 0 aliphatic carbocycles. The second-order valence-corrected chi connectivity index (χ2v) is 16.3. The molecule has 188 valence electrons. The number of piperidine rings is 1. The van der Waals surface area contributed by atoms with E-state index < -0.39 is 19.9 Å². The zero-order valence-corrected chi connectivity index (χ0v) is 22.6. The second kappa shape index (κ2) is 10.6. The summed E-state index contributed by atoms with van der Waals surface area (Å²) in [5.41, 5.74) is -0.479. The predicted octanol–water partition coefficient (Wildman–Crippen LogP) is 6.25. The number of likely N-dealkylation sites (tertiary alicyclic amines) is 1. The smallest absolute Gasteiger partial charge is 0.410 e. The molecule has 0 spiro atoms. The van der Waals surface area contributed by atoms with E-state index in [1.54, 1.807) is 4.90 Å². The van der Waals surface area contributed by atoms with Crippen LogP contribution in [-0.4, -0.2) is 54.1 Å². The van der Waals surface area contributed by atoms with Crippen molar-refractivity contribution in [2.24, 2.45) is 5.92 Å². The molecule has 0 saturated carbocycles. The summed E-state index contributed by atoms with van der Waals surface area (Å²) in [7, 11) is -2.11. The first-order valence-corrected chi connectivity index (χ1v) is 14.8. The minimum Gasteiger partial charge on any atom is -0.475 e. The van der Waals surface area contributed by atoms with E-state index in [0.717, 1.165) is 32.1 Å². The van der Waals surface area contributed by atoms with Crippen molar-refractivity contribution in [1.82, 2.24) is 9.88 Å². The van der Waals surface area contributed by atoms with Gasteiger partial charge in [0.2, 0.25) is 11.7 Å². The van der Waals surface area contributed by atoms with Crippen LogP contribution in [0.3, 0.4) is 0 Å². The lowest BCUT2D eigenvalue weighted by atomic mass is 9.91.